The number of halogens is 1. The molecule has 1 heterocycles. The molecule has 2 N–H and O–H groups in total. The SMILES string of the molecule is COCc1c(Br)cccc1NC(=O)CC1COCCN1. The number of carbonyl (C=O) groups is 1. The van der Waals surface area contributed by atoms with Crippen molar-refractivity contribution >= 4 is 27.5 Å². The Morgan fingerprint density at radius 1 is 1.60 bits per heavy atom. The normalized spacial score (nSPS) is 18.8. The molecule has 1 amide bonds. The number of morpholine rings is 1. The first-order chi connectivity index (χ1) is 9.70. The number of rotatable bonds is 5. The lowest BCUT2D eigenvalue weighted by molar-refractivity contribution is -0.117. The Kier molecular flexibility index (Phi) is 5.97. The summed E-state index contributed by atoms with van der Waals surface area (Å²) in [6.07, 6.45) is 0.402. The molecular weight excluding hydrogens is 324 g/mol. The van der Waals surface area contributed by atoms with E-state index in [4.69, 9.17) is 9.47 Å². The Hall–Kier alpha value is -0.950. The van der Waals surface area contributed by atoms with Gasteiger partial charge in [0.1, 0.15) is 0 Å². The van der Waals surface area contributed by atoms with Gasteiger partial charge in [-0.15, -0.1) is 0 Å². The molecule has 1 aliphatic rings. The second-order valence-electron chi connectivity index (χ2n) is 4.68. The summed E-state index contributed by atoms with van der Waals surface area (Å²) in [5, 5.41) is 6.21. The summed E-state index contributed by atoms with van der Waals surface area (Å²) in [6, 6.07) is 5.78. The van der Waals surface area contributed by atoms with Crippen molar-refractivity contribution in [3.63, 3.8) is 0 Å². The molecule has 20 heavy (non-hydrogen) atoms. The van der Waals surface area contributed by atoms with Crippen molar-refractivity contribution in [2.45, 2.75) is 19.1 Å². The Balaban J connectivity index is 1.98. The van der Waals surface area contributed by atoms with Crippen LogP contribution in [0.2, 0.25) is 0 Å². The number of hydrogen-bond donors (Lipinski definition) is 2. The molecule has 0 aromatic heterocycles. The van der Waals surface area contributed by atoms with Crippen LogP contribution in [0.1, 0.15) is 12.0 Å². The second-order valence-corrected chi connectivity index (χ2v) is 5.53. The maximum Gasteiger partial charge on any atom is 0.226 e. The molecular formula is C14H19BrN2O3. The lowest BCUT2D eigenvalue weighted by atomic mass is 10.1. The van der Waals surface area contributed by atoms with Crippen LogP contribution in [0.15, 0.2) is 22.7 Å². The summed E-state index contributed by atoms with van der Waals surface area (Å²) < 4.78 is 11.4. The molecule has 1 aromatic rings. The average molecular weight is 343 g/mol. The van der Waals surface area contributed by atoms with Gasteiger partial charge in [-0.05, 0) is 12.1 Å². The first-order valence-electron chi connectivity index (χ1n) is 6.58. The van der Waals surface area contributed by atoms with Crippen molar-refractivity contribution in [1.82, 2.24) is 5.32 Å². The molecule has 1 unspecified atom stereocenters. The standard InChI is InChI=1S/C14H19BrN2O3/c1-19-9-11-12(15)3-2-4-13(11)17-14(18)7-10-8-20-6-5-16-10/h2-4,10,16H,5-9H2,1H3,(H,17,18). The fourth-order valence-electron chi connectivity index (χ4n) is 2.14. The van der Waals surface area contributed by atoms with Crippen molar-refractivity contribution in [3.05, 3.63) is 28.2 Å². The van der Waals surface area contributed by atoms with Gasteiger partial charge >= 0.3 is 0 Å². The molecule has 1 aromatic carbocycles. The van der Waals surface area contributed by atoms with Gasteiger partial charge in [0.05, 0.1) is 19.8 Å². The summed E-state index contributed by atoms with van der Waals surface area (Å²) in [6.45, 7) is 2.53. The lowest BCUT2D eigenvalue weighted by Gasteiger charge is -2.23. The predicted molar refractivity (Wildman–Crippen MR) is 80.7 cm³/mol. The van der Waals surface area contributed by atoms with E-state index in [1.807, 2.05) is 18.2 Å². The van der Waals surface area contributed by atoms with Crippen LogP contribution in [0, 0.1) is 0 Å². The summed E-state index contributed by atoms with van der Waals surface area (Å²) in [4.78, 5) is 12.1. The van der Waals surface area contributed by atoms with Crippen LogP contribution in [0.25, 0.3) is 0 Å². The van der Waals surface area contributed by atoms with Gasteiger partial charge in [0.2, 0.25) is 5.91 Å². The van der Waals surface area contributed by atoms with Gasteiger partial charge in [0, 0.05) is 41.8 Å². The van der Waals surface area contributed by atoms with Crippen LogP contribution in [-0.4, -0.2) is 38.8 Å². The Bertz CT molecular complexity index is 462. The third-order valence-corrected chi connectivity index (χ3v) is 3.85. The van der Waals surface area contributed by atoms with E-state index in [-0.39, 0.29) is 11.9 Å². The highest BCUT2D eigenvalue weighted by atomic mass is 79.9. The Morgan fingerprint density at radius 3 is 3.15 bits per heavy atom. The molecule has 5 nitrogen and oxygen atoms in total. The van der Waals surface area contributed by atoms with E-state index in [9.17, 15) is 4.79 Å². The molecule has 2 rings (SSSR count). The lowest BCUT2D eigenvalue weighted by Crippen LogP contribution is -2.43. The first kappa shape index (κ1) is 15.4. The molecule has 1 saturated heterocycles. The summed E-state index contributed by atoms with van der Waals surface area (Å²) in [5.74, 6) is -0.0246. The second kappa shape index (κ2) is 7.73. The number of amides is 1. The van der Waals surface area contributed by atoms with Crippen LogP contribution >= 0.6 is 15.9 Å². The average Bonchev–Trinajstić information content (AvgIpc) is 2.44. The van der Waals surface area contributed by atoms with E-state index >= 15 is 0 Å². The molecule has 6 heteroatoms. The van der Waals surface area contributed by atoms with Gasteiger partial charge < -0.3 is 20.1 Å². The smallest absolute Gasteiger partial charge is 0.226 e. The minimum Gasteiger partial charge on any atom is -0.380 e. The minimum absolute atomic E-state index is 0.0246. The van der Waals surface area contributed by atoms with Crippen LogP contribution in [0.5, 0.6) is 0 Å². The summed E-state index contributed by atoms with van der Waals surface area (Å²) in [5.41, 5.74) is 1.72. The fraction of sp³-hybridized carbons (Fsp3) is 0.500. The monoisotopic (exact) mass is 342 g/mol. The Labute approximate surface area is 127 Å². The topological polar surface area (TPSA) is 59.6 Å². The maximum absolute atomic E-state index is 12.1. The molecule has 0 radical (unpaired) electrons. The van der Waals surface area contributed by atoms with Gasteiger partial charge in [-0.25, -0.2) is 0 Å². The third kappa shape index (κ3) is 4.28. The van der Waals surface area contributed by atoms with E-state index in [1.165, 1.54) is 0 Å². The number of methoxy groups -OCH3 is 1. The number of carbonyl (C=O) groups excluding carboxylic acids is 1. The van der Waals surface area contributed by atoms with Crippen molar-refractivity contribution < 1.29 is 14.3 Å². The minimum atomic E-state index is -0.0246. The fourth-order valence-corrected chi connectivity index (χ4v) is 2.62. The zero-order chi connectivity index (χ0) is 14.4. The largest absolute Gasteiger partial charge is 0.380 e. The van der Waals surface area contributed by atoms with E-state index in [2.05, 4.69) is 26.6 Å². The molecule has 0 bridgehead atoms. The van der Waals surface area contributed by atoms with Crippen molar-refractivity contribution in [3.8, 4) is 0 Å². The molecule has 0 aliphatic carbocycles. The zero-order valence-corrected chi connectivity index (χ0v) is 13.0. The Morgan fingerprint density at radius 2 is 2.45 bits per heavy atom. The summed E-state index contributed by atoms with van der Waals surface area (Å²) in [7, 11) is 1.63. The van der Waals surface area contributed by atoms with Crippen LogP contribution in [0.4, 0.5) is 5.69 Å². The van der Waals surface area contributed by atoms with Crippen molar-refractivity contribution in [2.75, 3.05) is 32.2 Å². The van der Waals surface area contributed by atoms with Crippen LogP contribution in [-0.2, 0) is 20.9 Å². The highest BCUT2D eigenvalue weighted by Crippen LogP contribution is 2.25. The summed E-state index contributed by atoms with van der Waals surface area (Å²) >= 11 is 3.47. The third-order valence-electron chi connectivity index (χ3n) is 3.11. The van der Waals surface area contributed by atoms with Gasteiger partial charge in [-0.1, -0.05) is 22.0 Å². The van der Waals surface area contributed by atoms with E-state index in [0.29, 0.717) is 26.2 Å². The van der Waals surface area contributed by atoms with Gasteiger partial charge in [-0.2, -0.15) is 0 Å². The number of nitrogens with one attached hydrogen (secondary N) is 2. The van der Waals surface area contributed by atoms with Crippen LogP contribution in [0.3, 0.4) is 0 Å². The van der Waals surface area contributed by atoms with E-state index in [0.717, 1.165) is 22.3 Å². The number of ether oxygens (including phenoxy) is 2. The first-order valence-corrected chi connectivity index (χ1v) is 7.37. The van der Waals surface area contributed by atoms with E-state index in [1.54, 1.807) is 7.11 Å². The molecule has 110 valence electrons. The molecule has 0 saturated carbocycles. The predicted octanol–water partition coefficient (Wildman–Crippen LogP) is 1.91. The van der Waals surface area contributed by atoms with Crippen LogP contribution < -0.4 is 10.6 Å². The molecule has 1 fully saturated rings. The molecule has 1 atom stereocenters. The highest BCUT2D eigenvalue weighted by Gasteiger charge is 2.18. The number of anilines is 1. The van der Waals surface area contributed by atoms with Gasteiger partial charge in [-0.3, -0.25) is 4.79 Å². The number of benzene rings is 1. The maximum atomic E-state index is 12.1. The van der Waals surface area contributed by atoms with Gasteiger partial charge in [0.25, 0.3) is 0 Å². The quantitative estimate of drug-likeness (QED) is 0.858. The molecule has 0 spiro atoms. The highest BCUT2D eigenvalue weighted by molar-refractivity contribution is 9.10. The van der Waals surface area contributed by atoms with Crippen molar-refractivity contribution in [1.29, 1.82) is 0 Å². The number of hydrogen-bond acceptors (Lipinski definition) is 4. The van der Waals surface area contributed by atoms with Gasteiger partial charge in [0.15, 0.2) is 0 Å². The zero-order valence-electron chi connectivity index (χ0n) is 11.4. The molecule has 1 aliphatic heterocycles. The van der Waals surface area contributed by atoms with E-state index < -0.39 is 0 Å². The van der Waals surface area contributed by atoms with Crippen molar-refractivity contribution in [2.24, 2.45) is 0 Å².